The van der Waals surface area contributed by atoms with Gasteiger partial charge in [-0.2, -0.15) is 10.1 Å². The second-order valence-electron chi connectivity index (χ2n) is 7.11. The third kappa shape index (κ3) is 6.05. The molecule has 2 N–H and O–H groups in total. The summed E-state index contributed by atoms with van der Waals surface area (Å²) in [5.41, 5.74) is 0.795. The smallest absolute Gasteiger partial charge is 0.229 e. The van der Waals surface area contributed by atoms with Crippen molar-refractivity contribution in [2.45, 2.75) is 25.3 Å². The second-order valence-corrected chi connectivity index (χ2v) is 9.78. The lowest BCUT2D eigenvalue weighted by molar-refractivity contribution is 0.263. The summed E-state index contributed by atoms with van der Waals surface area (Å²) < 4.78 is 24.3. The third-order valence-electron chi connectivity index (χ3n) is 4.67. The molecule has 11 heteroatoms. The number of aryl methyl sites for hydroxylation is 1. The Hall–Kier alpha value is -1.91. The van der Waals surface area contributed by atoms with Crippen LogP contribution in [0, 0.1) is 0 Å². The van der Waals surface area contributed by atoms with Gasteiger partial charge in [-0.15, -0.1) is 0 Å². The molecule has 1 aliphatic heterocycles. The molecular weight excluding hydrogens is 402 g/mol. The Labute approximate surface area is 170 Å². The van der Waals surface area contributed by atoms with E-state index in [1.165, 1.54) is 6.26 Å². The fraction of sp³-hybridized carbons (Fsp3) is 0.588. The van der Waals surface area contributed by atoms with Gasteiger partial charge in [0.05, 0.1) is 23.8 Å². The molecule has 2 aromatic heterocycles. The van der Waals surface area contributed by atoms with Gasteiger partial charge in [-0.25, -0.2) is 13.4 Å². The second kappa shape index (κ2) is 9.06. The van der Waals surface area contributed by atoms with Crippen molar-refractivity contribution < 1.29 is 8.42 Å². The molecular formula is C17H26ClN7O2S. The monoisotopic (exact) mass is 427 g/mol. The van der Waals surface area contributed by atoms with E-state index in [-0.39, 0.29) is 5.75 Å². The highest BCUT2D eigenvalue weighted by Gasteiger charge is 2.24. The van der Waals surface area contributed by atoms with E-state index in [0.29, 0.717) is 35.8 Å². The molecule has 1 aliphatic rings. The predicted octanol–water partition coefficient (Wildman–Crippen LogP) is 1.92. The van der Waals surface area contributed by atoms with Gasteiger partial charge < -0.3 is 10.6 Å². The Kier molecular flexibility index (Phi) is 6.73. The lowest BCUT2D eigenvalue weighted by atomic mass is 10.2. The zero-order valence-electron chi connectivity index (χ0n) is 16.1. The third-order valence-corrected chi connectivity index (χ3v) is 5.98. The lowest BCUT2D eigenvalue weighted by Crippen LogP contribution is -2.36. The van der Waals surface area contributed by atoms with Gasteiger partial charge in [-0.3, -0.25) is 9.58 Å². The zero-order valence-corrected chi connectivity index (χ0v) is 17.7. The van der Waals surface area contributed by atoms with Gasteiger partial charge in [0.15, 0.2) is 5.82 Å². The van der Waals surface area contributed by atoms with Gasteiger partial charge in [-0.05, 0) is 32.4 Å². The first-order valence-corrected chi connectivity index (χ1v) is 11.7. The molecule has 0 saturated carbocycles. The van der Waals surface area contributed by atoms with Gasteiger partial charge in [0, 0.05) is 32.1 Å². The maximum atomic E-state index is 11.3. The first-order valence-electron chi connectivity index (χ1n) is 9.24. The standard InChI is InChI=1S/C17H26ClN7O2S/c1-24-12-13(9-21-24)22-17-20-11-15(18)16(23-17)19-10-14-5-3-6-25(14)7-4-8-28(2,26)27/h9,11-12,14H,3-8,10H2,1-2H3,(H2,19,20,22,23)/t14-/m0/s1. The average molecular weight is 428 g/mol. The van der Waals surface area contributed by atoms with Gasteiger partial charge in [0.2, 0.25) is 5.95 Å². The molecule has 0 radical (unpaired) electrons. The molecule has 0 amide bonds. The van der Waals surface area contributed by atoms with E-state index in [1.807, 2.05) is 13.2 Å². The minimum absolute atomic E-state index is 0.227. The molecule has 0 unspecified atom stereocenters. The number of anilines is 3. The maximum absolute atomic E-state index is 11.3. The number of nitrogens with zero attached hydrogens (tertiary/aromatic N) is 5. The van der Waals surface area contributed by atoms with Gasteiger partial charge in [0.1, 0.15) is 14.9 Å². The number of rotatable bonds is 9. The van der Waals surface area contributed by atoms with Crippen molar-refractivity contribution in [2.24, 2.45) is 7.05 Å². The minimum Gasteiger partial charge on any atom is -0.367 e. The molecule has 3 heterocycles. The van der Waals surface area contributed by atoms with Crippen LogP contribution in [-0.4, -0.2) is 70.8 Å². The van der Waals surface area contributed by atoms with Crippen molar-refractivity contribution in [1.29, 1.82) is 0 Å². The maximum Gasteiger partial charge on any atom is 0.229 e. The number of nitrogens with one attached hydrogen (secondary N) is 2. The molecule has 0 aliphatic carbocycles. The minimum atomic E-state index is -2.91. The number of hydrogen-bond acceptors (Lipinski definition) is 8. The average Bonchev–Trinajstić information content (AvgIpc) is 3.23. The van der Waals surface area contributed by atoms with Crippen LogP contribution in [0.25, 0.3) is 0 Å². The van der Waals surface area contributed by atoms with Crippen LogP contribution in [0.2, 0.25) is 5.02 Å². The molecule has 28 heavy (non-hydrogen) atoms. The topological polar surface area (TPSA) is 105 Å². The van der Waals surface area contributed by atoms with E-state index >= 15 is 0 Å². The van der Waals surface area contributed by atoms with Gasteiger partial charge in [-0.1, -0.05) is 11.6 Å². The Balaban J connectivity index is 1.56. The van der Waals surface area contributed by atoms with Crippen LogP contribution in [0.5, 0.6) is 0 Å². The summed E-state index contributed by atoms with van der Waals surface area (Å²) in [5, 5.41) is 11.0. The van der Waals surface area contributed by atoms with Crippen LogP contribution in [0.15, 0.2) is 18.6 Å². The molecule has 0 aromatic carbocycles. The summed E-state index contributed by atoms with van der Waals surface area (Å²) in [4.78, 5) is 11.0. The van der Waals surface area contributed by atoms with E-state index in [2.05, 4.69) is 30.6 Å². The highest BCUT2D eigenvalue weighted by molar-refractivity contribution is 7.90. The Bertz CT molecular complexity index is 903. The van der Waals surface area contributed by atoms with E-state index in [1.54, 1.807) is 17.1 Å². The first-order chi connectivity index (χ1) is 13.3. The van der Waals surface area contributed by atoms with Crippen molar-refractivity contribution in [3.63, 3.8) is 0 Å². The number of likely N-dealkylation sites (tertiary alicyclic amines) is 1. The van der Waals surface area contributed by atoms with E-state index in [9.17, 15) is 8.42 Å². The van der Waals surface area contributed by atoms with Crippen molar-refractivity contribution in [1.82, 2.24) is 24.6 Å². The molecule has 2 aromatic rings. The van der Waals surface area contributed by atoms with E-state index in [4.69, 9.17) is 11.6 Å². The molecule has 1 saturated heterocycles. The summed E-state index contributed by atoms with van der Waals surface area (Å²) in [6, 6.07) is 0.334. The van der Waals surface area contributed by atoms with Gasteiger partial charge >= 0.3 is 0 Å². The molecule has 1 fully saturated rings. The van der Waals surface area contributed by atoms with Crippen molar-refractivity contribution in [3.05, 3.63) is 23.6 Å². The number of hydrogen-bond donors (Lipinski definition) is 2. The summed E-state index contributed by atoms with van der Waals surface area (Å²) in [7, 11) is -1.08. The molecule has 154 valence electrons. The normalized spacial score (nSPS) is 17.8. The van der Waals surface area contributed by atoms with Gasteiger partial charge in [0.25, 0.3) is 0 Å². The summed E-state index contributed by atoms with van der Waals surface area (Å²) >= 11 is 6.25. The first kappa shape index (κ1) is 20.8. The summed E-state index contributed by atoms with van der Waals surface area (Å²) in [6.07, 6.45) is 9.20. The van der Waals surface area contributed by atoms with Crippen molar-refractivity contribution in [3.8, 4) is 0 Å². The Morgan fingerprint density at radius 3 is 2.89 bits per heavy atom. The summed E-state index contributed by atoms with van der Waals surface area (Å²) in [5.74, 6) is 1.24. The Morgan fingerprint density at radius 1 is 1.36 bits per heavy atom. The van der Waals surface area contributed by atoms with E-state index < -0.39 is 9.84 Å². The number of sulfone groups is 1. The Morgan fingerprint density at radius 2 is 2.18 bits per heavy atom. The fourth-order valence-corrected chi connectivity index (χ4v) is 4.14. The quantitative estimate of drug-likeness (QED) is 0.625. The molecule has 0 spiro atoms. The fourth-order valence-electron chi connectivity index (χ4n) is 3.33. The predicted molar refractivity (Wildman–Crippen MR) is 111 cm³/mol. The van der Waals surface area contributed by atoms with Crippen LogP contribution < -0.4 is 10.6 Å². The van der Waals surface area contributed by atoms with Crippen LogP contribution in [0.1, 0.15) is 19.3 Å². The van der Waals surface area contributed by atoms with Crippen molar-refractivity contribution >= 4 is 38.9 Å². The molecule has 0 bridgehead atoms. The number of halogens is 1. The SMILES string of the molecule is Cn1cc(Nc2ncc(Cl)c(NC[C@@H]3CCCN3CCCS(C)(=O)=O)n2)cn1. The van der Waals surface area contributed by atoms with Crippen LogP contribution >= 0.6 is 11.6 Å². The largest absolute Gasteiger partial charge is 0.367 e. The zero-order chi connectivity index (χ0) is 20.1. The summed E-state index contributed by atoms with van der Waals surface area (Å²) in [6.45, 7) is 2.47. The van der Waals surface area contributed by atoms with E-state index in [0.717, 1.165) is 31.6 Å². The van der Waals surface area contributed by atoms with Crippen LogP contribution in [0.3, 0.4) is 0 Å². The molecule has 9 nitrogen and oxygen atoms in total. The van der Waals surface area contributed by atoms with Crippen LogP contribution in [0.4, 0.5) is 17.5 Å². The van der Waals surface area contributed by atoms with Crippen molar-refractivity contribution in [2.75, 3.05) is 42.3 Å². The highest BCUT2D eigenvalue weighted by atomic mass is 35.5. The van der Waals surface area contributed by atoms with Crippen LogP contribution in [-0.2, 0) is 16.9 Å². The molecule has 3 rings (SSSR count). The molecule has 1 atom stereocenters. The lowest BCUT2D eigenvalue weighted by Gasteiger charge is -2.25. The number of aromatic nitrogens is 4. The highest BCUT2D eigenvalue weighted by Crippen LogP contribution is 2.23.